The lowest BCUT2D eigenvalue weighted by Gasteiger charge is -2.22. The number of aliphatic imine (C=N–C) groups is 1. The fraction of sp³-hybridized carbons (Fsp3) is 0.500. The van der Waals surface area contributed by atoms with Crippen LogP contribution in [-0.2, 0) is 4.79 Å². The number of urea groups is 1. The molecule has 1 aliphatic heterocycles. The van der Waals surface area contributed by atoms with Crippen molar-refractivity contribution in [1.29, 1.82) is 0 Å². The van der Waals surface area contributed by atoms with E-state index in [4.69, 9.17) is 9.47 Å². The minimum Gasteiger partial charge on any atom is -0.497 e. The second kappa shape index (κ2) is 10.2. The van der Waals surface area contributed by atoms with Gasteiger partial charge in [-0.2, -0.15) is 0 Å². The molecule has 1 aromatic carbocycles. The molecule has 0 radical (unpaired) electrons. The Labute approximate surface area is 159 Å². The molecule has 2 N–H and O–H groups in total. The monoisotopic (exact) mass is 377 g/mol. The van der Waals surface area contributed by atoms with Crippen LogP contribution in [0.3, 0.4) is 0 Å². The molecule has 0 bridgehead atoms. The third-order valence-corrected chi connectivity index (χ3v) is 3.97. The summed E-state index contributed by atoms with van der Waals surface area (Å²) in [5.41, 5.74) is 0. The standard InChI is InChI=1S/C18H27N5O4/c1-4-19-17(20-9-10-23-16(24)13-21-18(23)25)22(2)11-12-27-15-7-5-14(26-3)6-8-15/h5-8H,4,9-13H2,1-3H3,(H,19,20)(H,21,25). The summed E-state index contributed by atoms with van der Waals surface area (Å²) in [6.45, 7) is 4.47. The summed E-state index contributed by atoms with van der Waals surface area (Å²) in [7, 11) is 3.53. The Kier molecular flexibility index (Phi) is 7.72. The predicted octanol–water partition coefficient (Wildman–Crippen LogP) is 0.523. The highest BCUT2D eigenvalue weighted by atomic mass is 16.5. The number of amides is 3. The van der Waals surface area contributed by atoms with Crippen LogP contribution in [0.5, 0.6) is 11.5 Å². The lowest BCUT2D eigenvalue weighted by Crippen LogP contribution is -2.41. The van der Waals surface area contributed by atoms with Crippen molar-refractivity contribution in [2.45, 2.75) is 6.92 Å². The summed E-state index contributed by atoms with van der Waals surface area (Å²) in [6, 6.07) is 7.05. The smallest absolute Gasteiger partial charge is 0.324 e. The molecule has 3 amide bonds. The molecule has 0 spiro atoms. The van der Waals surface area contributed by atoms with Crippen molar-refractivity contribution in [3.63, 3.8) is 0 Å². The maximum atomic E-state index is 11.6. The number of hydrogen-bond donors (Lipinski definition) is 2. The summed E-state index contributed by atoms with van der Waals surface area (Å²) in [4.78, 5) is 30.7. The van der Waals surface area contributed by atoms with Gasteiger partial charge >= 0.3 is 6.03 Å². The molecule has 9 heteroatoms. The van der Waals surface area contributed by atoms with Crippen LogP contribution in [0, 0.1) is 0 Å². The molecule has 0 aliphatic carbocycles. The molecule has 0 aromatic heterocycles. The Bertz CT molecular complexity index is 646. The van der Waals surface area contributed by atoms with Crippen LogP contribution < -0.4 is 20.1 Å². The van der Waals surface area contributed by atoms with Gasteiger partial charge in [-0.3, -0.25) is 14.7 Å². The fourth-order valence-electron chi connectivity index (χ4n) is 2.49. The number of carbonyl (C=O) groups excluding carboxylic acids is 2. The van der Waals surface area contributed by atoms with Gasteiger partial charge in [0.25, 0.3) is 0 Å². The van der Waals surface area contributed by atoms with Gasteiger partial charge in [0.15, 0.2) is 5.96 Å². The molecule has 2 rings (SSSR count). The first-order chi connectivity index (χ1) is 13.0. The third kappa shape index (κ3) is 6.05. The Balaban J connectivity index is 1.80. The van der Waals surface area contributed by atoms with Crippen LogP contribution in [0.15, 0.2) is 29.3 Å². The van der Waals surface area contributed by atoms with Gasteiger partial charge < -0.3 is 25.0 Å². The van der Waals surface area contributed by atoms with Crippen molar-refractivity contribution in [2.24, 2.45) is 4.99 Å². The molecule has 148 valence electrons. The minimum absolute atomic E-state index is 0.0607. The molecule has 1 aliphatic rings. The highest BCUT2D eigenvalue weighted by molar-refractivity contribution is 6.01. The zero-order chi connectivity index (χ0) is 19.6. The van der Waals surface area contributed by atoms with Crippen molar-refractivity contribution in [1.82, 2.24) is 20.4 Å². The Morgan fingerprint density at radius 1 is 1.30 bits per heavy atom. The van der Waals surface area contributed by atoms with E-state index in [1.165, 1.54) is 4.90 Å². The first-order valence-electron chi connectivity index (χ1n) is 8.89. The number of ether oxygens (including phenoxy) is 2. The number of hydrogen-bond acceptors (Lipinski definition) is 5. The summed E-state index contributed by atoms with van der Waals surface area (Å²) in [6.07, 6.45) is 0. The van der Waals surface area contributed by atoms with E-state index < -0.39 is 0 Å². The summed E-state index contributed by atoms with van der Waals surface area (Å²) in [5.74, 6) is 2.03. The molecule has 0 unspecified atom stereocenters. The Morgan fingerprint density at radius 2 is 2.00 bits per heavy atom. The van der Waals surface area contributed by atoms with Crippen molar-refractivity contribution < 1.29 is 19.1 Å². The predicted molar refractivity (Wildman–Crippen MR) is 102 cm³/mol. The maximum Gasteiger partial charge on any atom is 0.324 e. The van der Waals surface area contributed by atoms with E-state index in [-0.39, 0.29) is 25.0 Å². The number of rotatable bonds is 9. The first-order valence-corrected chi connectivity index (χ1v) is 8.89. The van der Waals surface area contributed by atoms with E-state index in [0.717, 1.165) is 11.5 Å². The fourth-order valence-corrected chi connectivity index (χ4v) is 2.49. The van der Waals surface area contributed by atoms with Crippen molar-refractivity contribution in [3.05, 3.63) is 24.3 Å². The highest BCUT2D eigenvalue weighted by Crippen LogP contribution is 2.16. The van der Waals surface area contributed by atoms with Crippen LogP contribution in [0.1, 0.15) is 6.92 Å². The summed E-state index contributed by atoms with van der Waals surface area (Å²) < 4.78 is 10.9. The molecule has 1 saturated heterocycles. The van der Waals surface area contributed by atoms with Crippen molar-refractivity contribution in [3.8, 4) is 11.5 Å². The average Bonchev–Trinajstić information content (AvgIpc) is 2.99. The first kappa shape index (κ1) is 20.3. The number of benzene rings is 1. The second-order valence-corrected chi connectivity index (χ2v) is 5.89. The van der Waals surface area contributed by atoms with Gasteiger partial charge in [0.2, 0.25) is 5.91 Å². The summed E-state index contributed by atoms with van der Waals surface area (Å²) >= 11 is 0. The van der Waals surface area contributed by atoms with Crippen LogP contribution in [-0.4, -0.2) is 81.2 Å². The Morgan fingerprint density at radius 3 is 2.59 bits per heavy atom. The molecule has 0 saturated carbocycles. The largest absolute Gasteiger partial charge is 0.497 e. The number of nitrogens with one attached hydrogen (secondary N) is 2. The molecular formula is C18H27N5O4. The van der Waals surface area contributed by atoms with Crippen LogP contribution in [0.4, 0.5) is 4.79 Å². The van der Waals surface area contributed by atoms with E-state index in [1.54, 1.807) is 7.11 Å². The molecule has 9 nitrogen and oxygen atoms in total. The minimum atomic E-state index is -0.360. The number of carbonyl (C=O) groups is 2. The lowest BCUT2D eigenvalue weighted by molar-refractivity contribution is -0.124. The normalized spacial score (nSPS) is 14.2. The molecular weight excluding hydrogens is 350 g/mol. The molecule has 1 heterocycles. The van der Waals surface area contributed by atoms with Gasteiger partial charge in [0.1, 0.15) is 18.1 Å². The van der Waals surface area contributed by atoms with E-state index in [9.17, 15) is 9.59 Å². The van der Waals surface area contributed by atoms with E-state index in [1.807, 2.05) is 43.1 Å². The highest BCUT2D eigenvalue weighted by Gasteiger charge is 2.27. The number of guanidine groups is 1. The third-order valence-electron chi connectivity index (χ3n) is 3.97. The maximum absolute atomic E-state index is 11.6. The second-order valence-electron chi connectivity index (χ2n) is 5.89. The van der Waals surface area contributed by atoms with Crippen molar-refractivity contribution >= 4 is 17.9 Å². The lowest BCUT2D eigenvalue weighted by atomic mass is 10.3. The molecule has 0 atom stereocenters. The Hall–Kier alpha value is -2.97. The SMILES string of the molecule is CCNC(=NCCN1C(=O)CNC1=O)N(C)CCOc1ccc(OC)cc1. The molecule has 27 heavy (non-hydrogen) atoms. The van der Waals surface area contributed by atoms with Crippen LogP contribution in [0.2, 0.25) is 0 Å². The van der Waals surface area contributed by atoms with Gasteiger partial charge in [-0.15, -0.1) is 0 Å². The van der Waals surface area contributed by atoms with E-state index >= 15 is 0 Å². The summed E-state index contributed by atoms with van der Waals surface area (Å²) in [5, 5.41) is 5.69. The average molecular weight is 377 g/mol. The van der Waals surface area contributed by atoms with Crippen molar-refractivity contribution in [2.75, 3.05) is 53.5 Å². The number of methoxy groups -OCH3 is 1. The molecule has 1 aromatic rings. The van der Waals surface area contributed by atoms with Gasteiger partial charge in [0.05, 0.1) is 33.3 Å². The van der Waals surface area contributed by atoms with Gasteiger partial charge in [-0.05, 0) is 31.2 Å². The van der Waals surface area contributed by atoms with Crippen LogP contribution >= 0.6 is 0 Å². The zero-order valence-electron chi connectivity index (χ0n) is 16.0. The zero-order valence-corrected chi connectivity index (χ0v) is 16.0. The molecule has 1 fully saturated rings. The van der Waals surface area contributed by atoms with E-state index in [0.29, 0.717) is 32.2 Å². The van der Waals surface area contributed by atoms with Crippen LogP contribution in [0.25, 0.3) is 0 Å². The quantitative estimate of drug-likeness (QED) is 0.370. The number of imide groups is 1. The van der Waals surface area contributed by atoms with Gasteiger partial charge in [-0.25, -0.2) is 4.79 Å². The topological polar surface area (TPSA) is 95.5 Å². The number of nitrogens with zero attached hydrogens (tertiary/aromatic N) is 3. The van der Waals surface area contributed by atoms with Gasteiger partial charge in [-0.1, -0.05) is 0 Å². The van der Waals surface area contributed by atoms with Gasteiger partial charge in [0, 0.05) is 13.6 Å². The van der Waals surface area contributed by atoms with E-state index in [2.05, 4.69) is 15.6 Å². The number of likely N-dealkylation sites (N-methyl/N-ethyl adjacent to an activating group) is 1.